The smallest absolute Gasteiger partial charge is 0.105 e. The quantitative estimate of drug-likeness (QED) is 0.717. The number of furan rings is 1. The molecule has 0 bridgehead atoms. The molecule has 84 valence electrons. The Labute approximate surface area is 101 Å². The van der Waals surface area contributed by atoms with Crippen molar-refractivity contribution in [1.82, 2.24) is 0 Å². The molecular formula is C14H15ClO. The van der Waals surface area contributed by atoms with E-state index in [0.29, 0.717) is 0 Å². The van der Waals surface area contributed by atoms with Crippen LogP contribution in [0.2, 0.25) is 0 Å². The lowest BCUT2D eigenvalue weighted by Crippen LogP contribution is -1.96. The summed E-state index contributed by atoms with van der Waals surface area (Å²) in [5.41, 5.74) is 3.61. The van der Waals surface area contributed by atoms with Crippen LogP contribution in [0.1, 0.15) is 27.8 Å². The van der Waals surface area contributed by atoms with Crippen molar-refractivity contribution < 1.29 is 4.42 Å². The van der Waals surface area contributed by atoms with Crippen LogP contribution in [0.3, 0.4) is 0 Å². The van der Waals surface area contributed by atoms with Crippen molar-refractivity contribution in [2.24, 2.45) is 0 Å². The van der Waals surface area contributed by atoms with Gasteiger partial charge in [-0.2, -0.15) is 0 Å². The second-order valence-corrected chi connectivity index (χ2v) is 4.62. The fourth-order valence-corrected chi connectivity index (χ4v) is 2.17. The van der Waals surface area contributed by atoms with E-state index in [0.717, 1.165) is 17.7 Å². The SMILES string of the molecule is Cc1ccc(CC(Cl)c2ccoc2C)cc1. The second-order valence-electron chi connectivity index (χ2n) is 4.09. The van der Waals surface area contributed by atoms with Crippen LogP contribution in [-0.4, -0.2) is 0 Å². The molecule has 16 heavy (non-hydrogen) atoms. The van der Waals surface area contributed by atoms with Gasteiger partial charge in [-0.1, -0.05) is 29.8 Å². The van der Waals surface area contributed by atoms with Crippen molar-refractivity contribution >= 4 is 11.6 Å². The molecule has 1 aromatic heterocycles. The van der Waals surface area contributed by atoms with Gasteiger partial charge in [0.05, 0.1) is 11.6 Å². The zero-order chi connectivity index (χ0) is 11.5. The van der Waals surface area contributed by atoms with E-state index in [2.05, 4.69) is 31.2 Å². The third kappa shape index (κ3) is 2.48. The van der Waals surface area contributed by atoms with Crippen LogP contribution in [-0.2, 0) is 6.42 Å². The summed E-state index contributed by atoms with van der Waals surface area (Å²) in [5.74, 6) is 0.909. The maximum atomic E-state index is 6.37. The number of benzene rings is 1. The Balaban J connectivity index is 2.10. The number of halogens is 1. The fourth-order valence-electron chi connectivity index (χ4n) is 1.76. The van der Waals surface area contributed by atoms with E-state index in [9.17, 15) is 0 Å². The molecule has 1 unspecified atom stereocenters. The lowest BCUT2D eigenvalue weighted by molar-refractivity contribution is 0.529. The molecule has 1 aromatic carbocycles. The van der Waals surface area contributed by atoms with Gasteiger partial charge in [0, 0.05) is 5.56 Å². The molecule has 0 amide bonds. The Morgan fingerprint density at radius 1 is 1.12 bits per heavy atom. The third-order valence-electron chi connectivity index (χ3n) is 2.77. The first-order valence-corrected chi connectivity index (χ1v) is 5.84. The normalized spacial score (nSPS) is 12.7. The molecule has 0 saturated heterocycles. The van der Waals surface area contributed by atoms with Crippen LogP contribution in [0.4, 0.5) is 0 Å². The molecular weight excluding hydrogens is 220 g/mol. The standard InChI is InChI=1S/C14H15ClO/c1-10-3-5-12(6-4-10)9-14(15)13-7-8-16-11(13)2/h3-8,14H,9H2,1-2H3. The minimum absolute atomic E-state index is 0.0125. The monoisotopic (exact) mass is 234 g/mol. The minimum atomic E-state index is -0.0125. The van der Waals surface area contributed by atoms with Gasteiger partial charge in [0.25, 0.3) is 0 Å². The summed E-state index contributed by atoms with van der Waals surface area (Å²) in [5, 5.41) is -0.0125. The van der Waals surface area contributed by atoms with Gasteiger partial charge in [-0.05, 0) is 31.9 Å². The van der Waals surface area contributed by atoms with Crippen molar-refractivity contribution in [2.75, 3.05) is 0 Å². The van der Waals surface area contributed by atoms with Gasteiger partial charge in [0.15, 0.2) is 0 Å². The van der Waals surface area contributed by atoms with Gasteiger partial charge in [-0.3, -0.25) is 0 Å². The zero-order valence-electron chi connectivity index (χ0n) is 9.53. The minimum Gasteiger partial charge on any atom is -0.469 e. The molecule has 0 radical (unpaired) electrons. The number of alkyl halides is 1. The molecule has 0 saturated carbocycles. The van der Waals surface area contributed by atoms with Gasteiger partial charge >= 0.3 is 0 Å². The van der Waals surface area contributed by atoms with Crippen LogP contribution < -0.4 is 0 Å². The molecule has 2 aromatic rings. The van der Waals surface area contributed by atoms with E-state index in [-0.39, 0.29) is 5.38 Å². The molecule has 0 spiro atoms. The molecule has 0 aliphatic heterocycles. The Morgan fingerprint density at radius 2 is 1.81 bits per heavy atom. The molecule has 1 nitrogen and oxygen atoms in total. The number of hydrogen-bond donors (Lipinski definition) is 0. The molecule has 0 aliphatic rings. The number of aryl methyl sites for hydroxylation is 2. The highest BCUT2D eigenvalue weighted by Gasteiger charge is 2.13. The van der Waals surface area contributed by atoms with Gasteiger partial charge in [-0.25, -0.2) is 0 Å². The first-order valence-electron chi connectivity index (χ1n) is 5.40. The first kappa shape index (κ1) is 11.3. The predicted molar refractivity (Wildman–Crippen MR) is 66.9 cm³/mol. The summed E-state index contributed by atoms with van der Waals surface area (Å²) in [6.45, 7) is 4.03. The van der Waals surface area contributed by atoms with Crippen LogP contribution in [0.15, 0.2) is 41.0 Å². The topological polar surface area (TPSA) is 13.1 Å². The Hall–Kier alpha value is -1.21. The summed E-state index contributed by atoms with van der Waals surface area (Å²) in [7, 11) is 0. The van der Waals surface area contributed by atoms with Crippen molar-refractivity contribution in [3.05, 3.63) is 59.0 Å². The highest BCUT2D eigenvalue weighted by atomic mass is 35.5. The van der Waals surface area contributed by atoms with Crippen LogP contribution >= 0.6 is 11.6 Å². The van der Waals surface area contributed by atoms with E-state index in [1.807, 2.05) is 13.0 Å². The Bertz CT molecular complexity index is 456. The van der Waals surface area contributed by atoms with Crippen molar-refractivity contribution in [2.45, 2.75) is 25.6 Å². The average molecular weight is 235 g/mol. The maximum absolute atomic E-state index is 6.37. The maximum Gasteiger partial charge on any atom is 0.105 e. The molecule has 0 fully saturated rings. The lowest BCUT2D eigenvalue weighted by atomic mass is 10.0. The zero-order valence-corrected chi connectivity index (χ0v) is 10.3. The average Bonchev–Trinajstić information content (AvgIpc) is 2.68. The van der Waals surface area contributed by atoms with Crippen LogP contribution in [0.25, 0.3) is 0 Å². The second kappa shape index (κ2) is 4.75. The molecule has 2 heteroatoms. The summed E-state index contributed by atoms with van der Waals surface area (Å²) >= 11 is 6.37. The fraction of sp³-hybridized carbons (Fsp3) is 0.286. The highest BCUT2D eigenvalue weighted by Crippen LogP contribution is 2.28. The summed E-state index contributed by atoms with van der Waals surface area (Å²) in [6.07, 6.45) is 2.53. The number of hydrogen-bond acceptors (Lipinski definition) is 1. The van der Waals surface area contributed by atoms with Gasteiger partial charge < -0.3 is 4.42 Å². The van der Waals surface area contributed by atoms with E-state index < -0.39 is 0 Å². The predicted octanol–water partition coefficient (Wildman–Crippen LogP) is 4.42. The van der Waals surface area contributed by atoms with E-state index in [1.54, 1.807) is 6.26 Å². The largest absolute Gasteiger partial charge is 0.469 e. The lowest BCUT2D eigenvalue weighted by Gasteiger charge is -2.08. The van der Waals surface area contributed by atoms with Crippen molar-refractivity contribution in [1.29, 1.82) is 0 Å². The Morgan fingerprint density at radius 3 is 2.38 bits per heavy atom. The van der Waals surface area contributed by atoms with Gasteiger partial charge in [0.2, 0.25) is 0 Å². The van der Waals surface area contributed by atoms with E-state index >= 15 is 0 Å². The molecule has 0 aliphatic carbocycles. The van der Waals surface area contributed by atoms with Crippen molar-refractivity contribution in [3.8, 4) is 0 Å². The van der Waals surface area contributed by atoms with Gasteiger partial charge in [0.1, 0.15) is 5.76 Å². The van der Waals surface area contributed by atoms with Gasteiger partial charge in [-0.15, -0.1) is 11.6 Å². The third-order valence-corrected chi connectivity index (χ3v) is 3.16. The van der Waals surface area contributed by atoms with Crippen LogP contribution in [0, 0.1) is 13.8 Å². The summed E-state index contributed by atoms with van der Waals surface area (Å²) in [4.78, 5) is 0. The summed E-state index contributed by atoms with van der Waals surface area (Å²) < 4.78 is 5.26. The molecule has 1 atom stereocenters. The van der Waals surface area contributed by atoms with E-state index in [1.165, 1.54) is 11.1 Å². The Kier molecular flexibility index (Phi) is 3.35. The van der Waals surface area contributed by atoms with E-state index in [4.69, 9.17) is 16.0 Å². The van der Waals surface area contributed by atoms with Crippen molar-refractivity contribution in [3.63, 3.8) is 0 Å². The molecule has 1 heterocycles. The number of rotatable bonds is 3. The highest BCUT2D eigenvalue weighted by molar-refractivity contribution is 6.21. The summed E-state index contributed by atoms with van der Waals surface area (Å²) in [6, 6.07) is 10.4. The molecule has 2 rings (SSSR count). The first-order chi connectivity index (χ1) is 7.66. The molecule has 0 N–H and O–H groups in total. The van der Waals surface area contributed by atoms with Crippen LogP contribution in [0.5, 0.6) is 0 Å².